The first kappa shape index (κ1) is 10.6. The zero-order valence-corrected chi connectivity index (χ0v) is 9.60. The van der Waals surface area contributed by atoms with Gasteiger partial charge in [0.15, 0.2) is 9.84 Å². The lowest BCUT2D eigenvalue weighted by atomic mass is 10.2. The van der Waals surface area contributed by atoms with Crippen molar-refractivity contribution in [3.63, 3.8) is 0 Å². The molecular formula is C9H11NO3S2. The molecule has 1 aliphatic rings. The Morgan fingerprint density at radius 2 is 2.33 bits per heavy atom. The van der Waals surface area contributed by atoms with Gasteiger partial charge in [0.2, 0.25) is 0 Å². The fourth-order valence-corrected chi connectivity index (χ4v) is 3.88. The molecule has 4 nitrogen and oxygen atoms in total. The van der Waals surface area contributed by atoms with Crippen molar-refractivity contribution in [3.05, 3.63) is 22.4 Å². The van der Waals surface area contributed by atoms with Gasteiger partial charge < -0.3 is 5.32 Å². The topological polar surface area (TPSA) is 63.2 Å². The van der Waals surface area contributed by atoms with E-state index in [0.717, 1.165) is 0 Å². The quantitative estimate of drug-likeness (QED) is 0.832. The van der Waals surface area contributed by atoms with Crippen LogP contribution in [-0.2, 0) is 9.84 Å². The second-order valence-corrected chi connectivity index (χ2v) is 6.59. The molecule has 1 aromatic rings. The van der Waals surface area contributed by atoms with E-state index in [4.69, 9.17) is 0 Å². The van der Waals surface area contributed by atoms with Crippen molar-refractivity contribution in [1.82, 2.24) is 5.32 Å². The van der Waals surface area contributed by atoms with E-state index in [0.29, 0.717) is 12.0 Å². The molecule has 1 N–H and O–H groups in total. The highest BCUT2D eigenvalue weighted by Crippen LogP contribution is 2.13. The van der Waals surface area contributed by atoms with Crippen molar-refractivity contribution in [2.24, 2.45) is 0 Å². The van der Waals surface area contributed by atoms with Crippen LogP contribution in [0.4, 0.5) is 0 Å². The molecule has 1 aromatic heterocycles. The molecule has 1 atom stereocenters. The van der Waals surface area contributed by atoms with Crippen molar-refractivity contribution in [3.8, 4) is 0 Å². The highest BCUT2D eigenvalue weighted by Gasteiger charge is 2.29. The molecule has 0 bridgehead atoms. The van der Waals surface area contributed by atoms with Crippen LogP contribution in [-0.4, -0.2) is 31.9 Å². The lowest BCUT2D eigenvalue weighted by Crippen LogP contribution is -2.35. The summed E-state index contributed by atoms with van der Waals surface area (Å²) in [5.41, 5.74) is 0.601. The molecule has 2 rings (SSSR count). The summed E-state index contributed by atoms with van der Waals surface area (Å²) < 4.78 is 22.3. The van der Waals surface area contributed by atoms with E-state index in [1.807, 2.05) is 5.38 Å². The van der Waals surface area contributed by atoms with Crippen molar-refractivity contribution in [1.29, 1.82) is 0 Å². The minimum absolute atomic E-state index is 0.0723. The van der Waals surface area contributed by atoms with Gasteiger partial charge in [-0.15, -0.1) is 0 Å². The number of thiophene rings is 1. The summed E-state index contributed by atoms with van der Waals surface area (Å²) in [5.74, 6) is 0.0723. The fraction of sp³-hybridized carbons (Fsp3) is 0.444. The van der Waals surface area contributed by atoms with Crippen molar-refractivity contribution in [2.45, 2.75) is 12.5 Å². The Balaban J connectivity index is 1.97. The lowest BCUT2D eigenvalue weighted by Gasteiger charge is -2.09. The molecule has 6 heteroatoms. The van der Waals surface area contributed by atoms with E-state index in [2.05, 4.69) is 5.32 Å². The molecule has 15 heavy (non-hydrogen) atoms. The third-order valence-electron chi connectivity index (χ3n) is 2.35. The van der Waals surface area contributed by atoms with Crippen LogP contribution in [0, 0.1) is 0 Å². The first-order valence-corrected chi connectivity index (χ1v) is 7.37. The summed E-state index contributed by atoms with van der Waals surface area (Å²) in [6.07, 6.45) is 0.526. The summed E-state index contributed by atoms with van der Waals surface area (Å²) in [6.45, 7) is 0. The lowest BCUT2D eigenvalue weighted by molar-refractivity contribution is 0.0941. The Labute approximate surface area is 92.2 Å². The van der Waals surface area contributed by atoms with Crippen LogP contribution in [0.25, 0.3) is 0 Å². The summed E-state index contributed by atoms with van der Waals surface area (Å²) in [4.78, 5) is 11.6. The Hall–Kier alpha value is -0.880. The second kappa shape index (κ2) is 3.94. The van der Waals surface area contributed by atoms with Crippen molar-refractivity contribution >= 4 is 27.1 Å². The minimum atomic E-state index is -2.92. The van der Waals surface area contributed by atoms with Gasteiger partial charge in [0.25, 0.3) is 5.91 Å². The number of rotatable bonds is 2. The summed E-state index contributed by atoms with van der Waals surface area (Å²) in [7, 11) is -2.92. The minimum Gasteiger partial charge on any atom is -0.348 e. The van der Waals surface area contributed by atoms with Gasteiger partial charge >= 0.3 is 0 Å². The molecule has 0 saturated carbocycles. The highest BCUT2D eigenvalue weighted by molar-refractivity contribution is 7.91. The monoisotopic (exact) mass is 245 g/mol. The third-order valence-corrected chi connectivity index (χ3v) is 4.80. The van der Waals surface area contributed by atoms with E-state index in [-0.39, 0.29) is 23.5 Å². The van der Waals surface area contributed by atoms with Gasteiger partial charge in [-0.3, -0.25) is 4.79 Å². The van der Waals surface area contributed by atoms with Crippen LogP contribution in [0.3, 0.4) is 0 Å². The van der Waals surface area contributed by atoms with Crippen LogP contribution < -0.4 is 5.32 Å². The van der Waals surface area contributed by atoms with Crippen LogP contribution in [0.1, 0.15) is 16.8 Å². The normalized spacial score (nSPS) is 23.9. The van der Waals surface area contributed by atoms with Gasteiger partial charge in [-0.05, 0) is 17.9 Å². The van der Waals surface area contributed by atoms with Crippen molar-refractivity contribution < 1.29 is 13.2 Å². The maximum absolute atomic E-state index is 11.6. The van der Waals surface area contributed by atoms with E-state index in [1.54, 1.807) is 11.4 Å². The number of sulfone groups is 1. The number of nitrogens with one attached hydrogen (secondary N) is 1. The Kier molecular flexibility index (Phi) is 2.79. The summed E-state index contributed by atoms with van der Waals surface area (Å²) in [5, 5.41) is 6.29. The molecule has 0 aliphatic carbocycles. The Bertz CT molecular complexity index is 450. The second-order valence-electron chi connectivity index (χ2n) is 3.59. The number of hydrogen-bond donors (Lipinski definition) is 1. The standard InChI is InChI=1S/C9H11NO3S2/c11-9(7-1-3-14-5-7)10-8-2-4-15(12,13)6-8/h1,3,5,8H,2,4,6H2,(H,10,11)/t8-/m0/s1. The van der Waals surface area contributed by atoms with Gasteiger partial charge in [-0.2, -0.15) is 11.3 Å². The number of carbonyl (C=O) groups excluding carboxylic acids is 1. The summed E-state index contributed by atoms with van der Waals surface area (Å²) >= 11 is 1.45. The van der Waals surface area contributed by atoms with Gasteiger partial charge in [-0.1, -0.05) is 0 Å². The van der Waals surface area contributed by atoms with Gasteiger partial charge in [0.05, 0.1) is 11.5 Å². The fourth-order valence-electron chi connectivity index (χ4n) is 1.57. The Morgan fingerprint density at radius 1 is 1.53 bits per heavy atom. The molecule has 2 heterocycles. The average Bonchev–Trinajstić information content (AvgIpc) is 2.74. The summed E-state index contributed by atoms with van der Waals surface area (Å²) in [6, 6.07) is 1.51. The van der Waals surface area contributed by atoms with Gasteiger partial charge in [0, 0.05) is 17.0 Å². The smallest absolute Gasteiger partial charge is 0.252 e. The van der Waals surface area contributed by atoms with Crippen LogP contribution in [0.5, 0.6) is 0 Å². The predicted molar refractivity (Wildman–Crippen MR) is 58.8 cm³/mol. The maximum Gasteiger partial charge on any atom is 0.252 e. The first-order chi connectivity index (χ1) is 7.07. The predicted octanol–water partition coefficient (Wildman–Crippen LogP) is 0.665. The molecule has 1 aliphatic heterocycles. The van der Waals surface area contributed by atoms with Gasteiger partial charge in [-0.25, -0.2) is 8.42 Å². The van der Waals surface area contributed by atoms with Crippen LogP contribution in [0.2, 0.25) is 0 Å². The maximum atomic E-state index is 11.6. The average molecular weight is 245 g/mol. The molecule has 1 amide bonds. The van der Waals surface area contributed by atoms with Crippen molar-refractivity contribution in [2.75, 3.05) is 11.5 Å². The van der Waals surface area contributed by atoms with E-state index in [9.17, 15) is 13.2 Å². The molecule has 0 aromatic carbocycles. The zero-order chi connectivity index (χ0) is 10.9. The Morgan fingerprint density at radius 3 is 2.87 bits per heavy atom. The molecule has 82 valence electrons. The van der Waals surface area contributed by atoms with E-state index < -0.39 is 9.84 Å². The molecular weight excluding hydrogens is 234 g/mol. The molecule has 1 fully saturated rings. The SMILES string of the molecule is O=C(N[C@H]1CCS(=O)(=O)C1)c1ccsc1. The largest absolute Gasteiger partial charge is 0.348 e. The molecule has 0 spiro atoms. The zero-order valence-electron chi connectivity index (χ0n) is 7.97. The number of carbonyl (C=O) groups is 1. The highest BCUT2D eigenvalue weighted by atomic mass is 32.2. The third kappa shape index (κ3) is 2.57. The van der Waals surface area contributed by atoms with Crippen LogP contribution >= 0.6 is 11.3 Å². The first-order valence-electron chi connectivity index (χ1n) is 4.60. The molecule has 0 unspecified atom stereocenters. The van der Waals surface area contributed by atoms with Crippen LogP contribution in [0.15, 0.2) is 16.8 Å². The molecule has 1 saturated heterocycles. The van der Waals surface area contributed by atoms with Gasteiger partial charge in [0.1, 0.15) is 0 Å². The van der Waals surface area contributed by atoms with E-state index in [1.165, 1.54) is 11.3 Å². The number of hydrogen-bond acceptors (Lipinski definition) is 4. The van der Waals surface area contributed by atoms with E-state index >= 15 is 0 Å². The number of amides is 1. The molecule has 0 radical (unpaired) electrons.